The van der Waals surface area contributed by atoms with Crippen LogP contribution in [-0.2, 0) is 15.5 Å². The third kappa shape index (κ3) is 3.04. The first-order valence-electron chi connectivity index (χ1n) is 6.40. The van der Waals surface area contributed by atoms with Gasteiger partial charge in [0.1, 0.15) is 5.54 Å². The minimum absolute atomic E-state index is 0.564. The fraction of sp³-hybridized carbons (Fsp3) is 0.615. The summed E-state index contributed by atoms with van der Waals surface area (Å²) in [6.07, 6.45) is 1.16. The van der Waals surface area contributed by atoms with Crippen LogP contribution in [0.15, 0.2) is 11.6 Å². The molecule has 0 atom stereocenters. The van der Waals surface area contributed by atoms with Gasteiger partial charge in [-0.25, -0.2) is 9.78 Å². The van der Waals surface area contributed by atoms with Gasteiger partial charge in [-0.3, -0.25) is 4.79 Å². The molecule has 8 heteroatoms. The van der Waals surface area contributed by atoms with E-state index in [-0.39, 0.29) is 0 Å². The third-order valence-electron chi connectivity index (χ3n) is 3.48. The molecule has 1 aromatic heterocycles. The predicted octanol–water partition coefficient (Wildman–Crippen LogP) is 2.49. The molecule has 0 bridgehead atoms. The smallest absolute Gasteiger partial charge is 0.375 e. The first-order chi connectivity index (χ1) is 9.56. The normalized spacial score (nSPS) is 12.8. The van der Waals surface area contributed by atoms with Crippen LogP contribution in [0.5, 0.6) is 0 Å². The Morgan fingerprint density at radius 2 is 1.81 bits per heavy atom. The average molecular weight is 320 g/mol. The van der Waals surface area contributed by atoms with E-state index >= 15 is 0 Å². The van der Waals surface area contributed by atoms with E-state index in [1.165, 1.54) is 5.38 Å². The summed E-state index contributed by atoms with van der Waals surface area (Å²) in [5, 5.41) is 12.1. The third-order valence-corrected chi connectivity index (χ3v) is 4.32. The van der Waals surface area contributed by atoms with E-state index in [9.17, 15) is 23.5 Å². The van der Waals surface area contributed by atoms with Gasteiger partial charge in [-0.05, 0) is 11.8 Å². The van der Waals surface area contributed by atoms with E-state index in [4.69, 9.17) is 0 Å². The van der Waals surface area contributed by atoms with Crippen molar-refractivity contribution in [2.24, 2.45) is 11.8 Å². The van der Waals surface area contributed by atoms with Crippen LogP contribution >= 0.6 is 11.3 Å². The van der Waals surface area contributed by atoms with Crippen molar-refractivity contribution in [2.45, 2.75) is 39.2 Å². The topological polar surface area (TPSA) is 79.3 Å². The highest BCUT2D eigenvalue weighted by Crippen LogP contribution is 2.33. The Hall–Kier alpha value is -1.57. The van der Waals surface area contributed by atoms with Crippen molar-refractivity contribution in [1.29, 1.82) is 0 Å². The fourth-order valence-electron chi connectivity index (χ4n) is 2.24. The molecule has 0 aliphatic carbocycles. The highest BCUT2D eigenvalue weighted by Gasteiger charge is 2.52. The number of carboxylic acid groups (broad SMARTS) is 1. The Balaban J connectivity index is 3.16. The van der Waals surface area contributed by atoms with Gasteiger partial charge >= 0.3 is 11.9 Å². The molecular weight excluding hydrogens is 302 g/mol. The van der Waals surface area contributed by atoms with Crippen molar-refractivity contribution in [1.82, 2.24) is 10.3 Å². The van der Waals surface area contributed by atoms with Gasteiger partial charge in [0.05, 0.1) is 0 Å². The molecule has 1 aromatic rings. The number of aromatic nitrogens is 1. The molecule has 0 aromatic carbocycles. The molecule has 0 spiro atoms. The Morgan fingerprint density at radius 3 is 2.14 bits per heavy atom. The Kier molecular flexibility index (Phi) is 5.03. The molecule has 1 heterocycles. The van der Waals surface area contributed by atoms with Crippen LogP contribution < -0.4 is 5.32 Å². The molecule has 2 N–H and O–H groups in total. The van der Waals surface area contributed by atoms with Gasteiger partial charge in [0.15, 0.2) is 5.01 Å². The molecule has 0 saturated heterocycles. The second-order valence-corrected chi connectivity index (χ2v) is 6.24. The van der Waals surface area contributed by atoms with Crippen molar-refractivity contribution in [3.05, 3.63) is 16.6 Å². The Labute approximate surface area is 125 Å². The van der Waals surface area contributed by atoms with E-state index in [0.717, 1.165) is 6.20 Å². The molecule has 0 fully saturated rings. The van der Waals surface area contributed by atoms with Crippen LogP contribution in [0.4, 0.5) is 8.78 Å². The molecule has 1 amide bonds. The second kappa shape index (κ2) is 6.05. The maximum atomic E-state index is 14.0. The lowest BCUT2D eigenvalue weighted by Gasteiger charge is -2.38. The lowest BCUT2D eigenvalue weighted by Crippen LogP contribution is -2.63. The number of thiazole rings is 1. The molecule has 0 radical (unpaired) electrons. The van der Waals surface area contributed by atoms with Gasteiger partial charge in [-0.15, -0.1) is 11.3 Å². The molecule has 0 unspecified atom stereocenters. The summed E-state index contributed by atoms with van der Waals surface area (Å²) in [5.41, 5.74) is -1.77. The molecule has 21 heavy (non-hydrogen) atoms. The van der Waals surface area contributed by atoms with Crippen molar-refractivity contribution < 1.29 is 23.5 Å². The summed E-state index contributed by atoms with van der Waals surface area (Å²) < 4.78 is 28.1. The maximum absolute atomic E-state index is 14.0. The minimum Gasteiger partial charge on any atom is -0.479 e. The lowest BCUT2D eigenvalue weighted by atomic mass is 9.76. The Bertz CT molecular complexity index is 507. The molecule has 1 rings (SSSR count). The number of carbonyl (C=O) groups excluding carboxylic acids is 1. The summed E-state index contributed by atoms with van der Waals surface area (Å²) in [6, 6.07) is 0. The van der Waals surface area contributed by atoms with E-state index in [1.807, 2.05) is 5.32 Å². The summed E-state index contributed by atoms with van der Waals surface area (Å²) in [6.45, 7) is 6.26. The fourth-order valence-corrected chi connectivity index (χ4v) is 2.86. The van der Waals surface area contributed by atoms with Gasteiger partial charge in [-0.1, -0.05) is 27.7 Å². The van der Waals surface area contributed by atoms with Crippen molar-refractivity contribution in [3.8, 4) is 0 Å². The minimum atomic E-state index is -3.86. The van der Waals surface area contributed by atoms with Crippen molar-refractivity contribution >= 4 is 23.2 Å². The summed E-state index contributed by atoms with van der Waals surface area (Å²) in [5.74, 6) is -7.98. The van der Waals surface area contributed by atoms with Gasteiger partial charge < -0.3 is 10.4 Å². The number of halogens is 2. The Morgan fingerprint density at radius 1 is 1.29 bits per heavy atom. The maximum Gasteiger partial charge on any atom is 0.375 e. The number of nitrogens with one attached hydrogen (secondary N) is 1. The number of amides is 1. The van der Waals surface area contributed by atoms with Crippen molar-refractivity contribution in [3.63, 3.8) is 0 Å². The number of carboxylic acids is 1. The van der Waals surface area contributed by atoms with E-state index in [0.29, 0.717) is 11.3 Å². The zero-order chi connectivity index (χ0) is 16.4. The molecule has 118 valence electrons. The van der Waals surface area contributed by atoms with Gasteiger partial charge in [0.25, 0.3) is 5.91 Å². The van der Waals surface area contributed by atoms with E-state index in [2.05, 4.69) is 4.98 Å². The first kappa shape index (κ1) is 17.5. The molecule has 5 nitrogen and oxygen atoms in total. The average Bonchev–Trinajstić information content (AvgIpc) is 2.88. The molecule has 0 aliphatic heterocycles. The van der Waals surface area contributed by atoms with Crippen LogP contribution in [0.1, 0.15) is 32.7 Å². The van der Waals surface area contributed by atoms with Gasteiger partial charge in [0, 0.05) is 11.6 Å². The zero-order valence-electron chi connectivity index (χ0n) is 12.2. The van der Waals surface area contributed by atoms with Gasteiger partial charge in [-0.2, -0.15) is 8.78 Å². The highest BCUT2D eigenvalue weighted by molar-refractivity contribution is 7.09. The number of aliphatic carboxylic acids is 1. The predicted molar refractivity (Wildman–Crippen MR) is 74.2 cm³/mol. The van der Waals surface area contributed by atoms with E-state index in [1.54, 1.807) is 27.7 Å². The number of carbonyl (C=O) groups is 2. The second-order valence-electron chi connectivity index (χ2n) is 5.35. The number of hydrogen-bond acceptors (Lipinski definition) is 4. The molecule has 0 aliphatic rings. The zero-order valence-corrected chi connectivity index (χ0v) is 13.0. The largest absolute Gasteiger partial charge is 0.479 e. The number of alkyl halides is 2. The number of nitrogens with zero attached hydrogens (tertiary/aromatic N) is 1. The van der Waals surface area contributed by atoms with E-state index < -0.39 is 40.2 Å². The number of hydrogen-bond donors (Lipinski definition) is 2. The van der Waals surface area contributed by atoms with Crippen LogP contribution in [0.3, 0.4) is 0 Å². The van der Waals surface area contributed by atoms with Crippen LogP contribution in [-0.4, -0.2) is 27.5 Å². The highest BCUT2D eigenvalue weighted by atomic mass is 32.1. The SMILES string of the molecule is CC(C)C(NC(=O)C(F)(F)c1nccs1)(C(=O)O)C(C)C. The molecular formula is C13H18F2N2O3S. The standard InChI is InChI=1S/C13H18F2N2O3S/c1-7(2)12(8(3)4,11(19)20)17-9(18)13(14,15)10-16-5-6-21-10/h5-8H,1-4H3,(H,17,18)(H,19,20). The monoisotopic (exact) mass is 320 g/mol. The lowest BCUT2D eigenvalue weighted by molar-refractivity contribution is -0.161. The summed E-state index contributed by atoms with van der Waals surface area (Å²) in [7, 11) is 0. The quantitative estimate of drug-likeness (QED) is 0.844. The van der Waals surface area contributed by atoms with Crippen LogP contribution in [0.25, 0.3) is 0 Å². The number of rotatable bonds is 6. The van der Waals surface area contributed by atoms with Crippen molar-refractivity contribution in [2.75, 3.05) is 0 Å². The van der Waals surface area contributed by atoms with Crippen LogP contribution in [0, 0.1) is 11.8 Å². The summed E-state index contributed by atoms with van der Waals surface area (Å²) in [4.78, 5) is 26.9. The summed E-state index contributed by atoms with van der Waals surface area (Å²) >= 11 is 0.640. The molecule has 0 saturated carbocycles. The van der Waals surface area contributed by atoms with Crippen LogP contribution in [0.2, 0.25) is 0 Å². The first-order valence-corrected chi connectivity index (χ1v) is 7.28. The van der Waals surface area contributed by atoms with Gasteiger partial charge in [0.2, 0.25) is 0 Å².